The number of nitrogens with zero attached hydrogens (tertiary/aromatic N) is 2. The highest BCUT2D eigenvalue weighted by Gasteiger charge is 2.14. The Morgan fingerprint density at radius 2 is 2.04 bits per heavy atom. The Kier molecular flexibility index (Phi) is 4.42. The molecule has 0 N–H and O–H groups in total. The van der Waals surface area contributed by atoms with Crippen molar-refractivity contribution in [2.24, 2.45) is 0 Å². The minimum Gasteiger partial charge on any atom is -0.425 e. The third-order valence-corrected chi connectivity index (χ3v) is 5.73. The van der Waals surface area contributed by atoms with Crippen molar-refractivity contribution in [2.45, 2.75) is 6.92 Å². The molecule has 2 aromatic heterocycles. The van der Waals surface area contributed by atoms with E-state index in [1.807, 2.05) is 24.3 Å². The summed E-state index contributed by atoms with van der Waals surface area (Å²) in [5.41, 5.74) is 2.03. The highest BCUT2D eigenvalue weighted by Crippen LogP contribution is 2.33. The summed E-state index contributed by atoms with van der Waals surface area (Å²) in [5.74, 6) is -0.0620. The molecule has 0 aliphatic heterocycles. The number of carbonyl (C=O) groups excluding carboxylic acids is 1. The largest absolute Gasteiger partial charge is 0.425 e. The summed E-state index contributed by atoms with van der Waals surface area (Å²) >= 11 is 8.12. The van der Waals surface area contributed by atoms with Crippen molar-refractivity contribution in [2.75, 3.05) is 0 Å². The number of esters is 1. The van der Waals surface area contributed by atoms with Crippen LogP contribution in [0.3, 0.4) is 0 Å². The Morgan fingerprint density at radius 3 is 2.81 bits per heavy atom. The van der Waals surface area contributed by atoms with E-state index in [1.165, 1.54) is 18.3 Å². The van der Waals surface area contributed by atoms with Gasteiger partial charge in [-0.1, -0.05) is 39.4 Å². The fourth-order valence-corrected chi connectivity index (χ4v) is 5.01. The van der Waals surface area contributed by atoms with Crippen molar-refractivity contribution in [3.63, 3.8) is 0 Å². The zero-order chi connectivity index (χ0) is 18.4. The van der Waals surface area contributed by atoms with Gasteiger partial charge in [-0.05, 0) is 46.3 Å². The molecule has 0 saturated heterocycles. The number of halogens is 2. The molecule has 0 aliphatic rings. The molecule has 26 heavy (non-hydrogen) atoms. The smallest absolute Gasteiger partial charge is 0.308 e. The molecule has 0 radical (unpaired) electrons. The molecule has 0 bridgehead atoms. The molecule has 0 unspecified atom stereocenters. The Balaban J connectivity index is 1.99. The molecular weight excluding hydrogens is 484 g/mol. The molecule has 8 heteroatoms. The molecule has 0 spiro atoms. The van der Waals surface area contributed by atoms with Crippen molar-refractivity contribution in [1.82, 2.24) is 9.38 Å². The molecule has 5 nitrogen and oxygen atoms in total. The highest BCUT2D eigenvalue weighted by molar-refractivity contribution is 9.11. The fraction of sp³-hybridized carbons (Fsp3) is 0.0556. The van der Waals surface area contributed by atoms with Gasteiger partial charge in [0.25, 0.3) is 5.56 Å². The molecule has 4 aromatic rings. The SMILES string of the molecule is CC(=O)Oc1c(Br)cc(Br)cc1/C=c1\sc2nc3ccccc3n2c1=O. The first-order valence-corrected chi connectivity index (χ1v) is 9.93. The second-order valence-electron chi connectivity index (χ2n) is 5.53. The average molecular weight is 494 g/mol. The van der Waals surface area contributed by atoms with Gasteiger partial charge in [0.2, 0.25) is 0 Å². The van der Waals surface area contributed by atoms with Crippen molar-refractivity contribution >= 4 is 71.2 Å². The van der Waals surface area contributed by atoms with Crippen molar-refractivity contribution in [3.05, 3.63) is 65.8 Å². The van der Waals surface area contributed by atoms with Crippen LogP contribution in [0.4, 0.5) is 0 Å². The van der Waals surface area contributed by atoms with Gasteiger partial charge in [-0.2, -0.15) is 0 Å². The summed E-state index contributed by atoms with van der Waals surface area (Å²) in [6, 6.07) is 11.1. The molecule has 130 valence electrons. The highest BCUT2D eigenvalue weighted by atomic mass is 79.9. The maximum Gasteiger partial charge on any atom is 0.308 e. The van der Waals surface area contributed by atoms with Gasteiger partial charge < -0.3 is 4.74 Å². The molecule has 2 heterocycles. The van der Waals surface area contributed by atoms with Crippen LogP contribution in [0.15, 0.2) is 50.1 Å². The quantitative estimate of drug-likeness (QED) is 0.314. The third kappa shape index (κ3) is 2.98. The van der Waals surface area contributed by atoms with Crippen LogP contribution < -0.4 is 14.8 Å². The molecule has 0 aliphatic carbocycles. The summed E-state index contributed by atoms with van der Waals surface area (Å²) in [5, 5.41) is 0. The van der Waals surface area contributed by atoms with Crippen molar-refractivity contribution in [1.29, 1.82) is 0 Å². The summed E-state index contributed by atoms with van der Waals surface area (Å²) in [6.45, 7) is 1.34. The number of benzene rings is 2. The maximum absolute atomic E-state index is 12.9. The lowest BCUT2D eigenvalue weighted by Crippen LogP contribution is -2.22. The molecule has 0 amide bonds. The number of hydrogen-bond acceptors (Lipinski definition) is 5. The summed E-state index contributed by atoms with van der Waals surface area (Å²) < 4.78 is 8.84. The number of carbonyl (C=O) groups is 1. The van der Waals surface area contributed by atoms with Gasteiger partial charge >= 0.3 is 5.97 Å². The van der Waals surface area contributed by atoms with Gasteiger partial charge in [-0.15, -0.1) is 0 Å². The number of fused-ring (bicyclic) bond motifs is 3. The van der Waals surface area contributed by atoms with Crippen LogP contribution in [-0.2, 0) is 4.79 Å². The Labute approximate surface area is 168 Å². The molecule has 2 aromatic carbocycles. The lowest BCUT2D eigenvalue weighted by molar-refractivity contribution is -0.131. The minimum absolute atomic E-state index is 0.149. The van der Waals surface area contributed by atoms with E-state index in [0.717, 1.165) is 15.5 Å². The minimum atomic E-state index is -0.433. The van der Waals surface area contributed by atoms with E-state index in [9.17, 15) is 9.59 Å². The lowest BCUT2D eigenvalue weighted by atomic mass is 10.2. The molecular formula is C18H10Br2N2O3S. The second-order valence-corrected chi connectivity index (χ2v) is 8.31. The topological polar surface area (TPSA) is 60.7 Å². The van der Waals surface area contributed by atoms with Crippen LogP contribution in [-0.4, -0.2) is 15.4 Å². The van der Waals surface area contributed by atoms with E-state index >= 15 is 0 Å². The van der Waals surface area contributed by atoms with Crippen LogP contribution >= 0.6 is 43.2 Å². The Morgan fingerprint density at radius 1 is 1.27 bits per heavy atom. The van der Waals surface area contributed by atoms with E-state index in [2.05, 4.69) is 36.8 Å². The van der Waals surface area contributed by atoms with Crippen LogP contribution in [0.5, 0.6) is 5.75 Å². The normalized spacial score (nSPS) is 12.2. The number of imidazole rings is 1. The van der Waals surface area contributed by atoms with Crippen LogP contribution in [0.1, 0.15) is 12.5 Å². The lowest BCUT2D eigenvalue weighted by Gasteiger charge is -2.08. The first kappa shape index (κ1) is 17.4. The van der Waals surface area contributed by atoms with E-state index in [-0.39, 0.29) is 5.56 Å². The monoisotopic (exact) mass is 492 g/mol. The number of ether oxygens (including phenoxy) is 1. The van der Waals surface area contributed by atoms with Crippen LogP contribution in [0.2, 0.25) is 0 Å². The van der Waals surface area contributed by atoms with Crippen molar-refractivity contribution < 1.29 is 9.53 Å². The first-order chi connectivity index (χ1) is 12.4. The molecule has 4 rings (SSSR count). The second kappa shape index (κ2) is 6.61. The van der Waals surface area contributed by atoms with Gasteiger partial charge in [0, 0.05) is 17.0 Å². The van der Waals surface area contributed by atoms with Gasteiger partial charge in [0.05, 0.1) is 20.0 Å². The first-order valence-electron chi connectivity index (χ1n) is 7.53. The van der Waals surface area contributed by atoms with Gasteiger partial charge in [0.1, 0.15) is 0 Å². The predicted octanol–water partition coefficient (Wildman–Crippen LogP) is 3.91. The summed E-state index contributed by atoms with van der Waals surface area (Å²) in [4.78, 5) is 29.4. The molecule has 0 fully saturated rings. The summed E-state index contributed by atoms with van der Waals surface area (Å²) in [6.07, 6.45) is 1.71. The van der Waals surface area contributed by atoms with Gasteiger partial charge in [-0.25, -0.2) is 9.38 Å². The number of para-hydroxylation sites is 2. The number of thiazole rings is 1. The van der Waals surface area contributed by atoms with Crippen molar-refractivity contribution in [3.8, 4) is 5.75 Å². The Bertz CT molecular complexity index is 1290. The average Bonchev–Trinajstić information content (AvgIpc) is 3.07. The third-order valence-electron chi connectivity index (χ3n) is 3.71. The number of rotatable bonds is 2. The molecule has 0 atom stereocenters. The van der Waals surface area contributed by atoms with Crippen LogP contribution in [0.25, 0.3) is 22.1 Å². The van der Waals surface area contributed by atoms with E-state index < -0.39 is 5.97 Å². The van der Waals surface area contributed by atoms with Gasteiger partial charge in [0.15, 0.2) is 10.7 Å². The van der Waals surface area contributed by atoms with E-state index in [4.69, 9.17) is 4.74 Å². The van der Waals surface area contributed by atoms with Crippen LogP contribution in [0, 0.1) is 0 Å². The van der Waals surface area contributed by atoms with Gasteiger partial charge in [-0.3, -0.25) is 9.59 Å². The number of aromatic nitrogens is 2. The molecule has 0 saturated carbocycles. The fourth-order valence-electron chi connectivity index (χ4n) is 2.69. The zero-order valence-electron chi connectivity index (χ0n) is 13.3. The number of hydrogen-bond donors (Lipinski definition) is 0. The standard InChI is InChI=1S/C18H10Br2N2O3S/c1-9(23)25-16-10(6-11(19)8-12(16)20)7-15-17(24)22-14-5-3-2-4-13(14)21-18(22)26-15/h2-8H,1H3/b15-7-. The zero-order valence-corrected chi connectivity index (χ0v) is 17.3. The van der Waals surface area contributed by atoms with E-state index in [1.54, 1.807) is 22.6 Å². The predicted molar refractivity (Wildman–Crippen MR) is 109 cm³/mol. The maximum atomic E-state index is 12.9. The summed E-state index contributed by atoms with van der Waals surface area (Å²) in [7, 11) is 0. The Hall–Kier alpha value is -2.03. The van der Waals surface area contributed by atoms with E-state index in [0.29, 0.717) is 25.3 Å².